The van der Waals surface area contributed by atoms with Crippen molar-refractivity contribution in [3.63, 3.8) is 0 Å². The molecule has 43 heavy (non-hydrogen) atoms. The van der Waals surface area contributed by atoms with E-state index in [1.54, 1.807) is 0 Å². The quantitative estimate of drug-likeness (QED) is 0.127. The number of hydrogen-bond donors (Lipinski definition) is 0. The van der Waals surface area contributed by atoms with Gasteiger partial charge >= 0.3 is 30.2 Å². The molecule has 0 N–H and O–H groups in total. The van der Waals surface area contributed by atoms with E-state index in [2.05, 4.69) is 152 Å². The first-order chi connectivity index (χ1) is 18.8. The summed E-state index contributed by atoms with van der Waals surface area (Å²) in [6, 6.07) is 37.6. The Kier molecular flexibility index (Phi) is 17.6. The van der Waals surface area contributed by atoms with Crippen molar-refractivity contribution in [1.82, 2.24) is 0 Å². The molecule has 0 spiro atoms. The standard InChI is InChI=1S/C19H19.C18H17.2CH3.2ClH.Si.Zr/c1-12-5-7-16(15(4)9-12)17-8-6-14(3)18-10-13(2)11-19(17)18;1-13(2)16-11-15-9-6-10-17(18(15)12-16)14-7-4-3-5-8-14;;;;;;/h5-11H,1-4H3;3-13H,1-2H3;2*1H3;2*1H;;/q4*-1;;;;. The van der Waals surface area contributed by atoms with E-state index in [0.717, 1.165) is 0 Å². The molecule has 0 atom stereocenters. The number of fused-ring (bicyclic) bond motifs is 2. The Morgan fingerprint density at radius 1 is 0.605 bits per heavy atom. The monoisotopic (exact) mass is 700 g/mol. The van der Waals surface area contributed by atoms with Crippen molar-refractivity contribution in [2.75, 3.05) is 0 Å². The van der Waals surface area contributed by atoms with Crippen molar-refractivity contribution in [3.05, 3.63) is 146 Å². The second-order valence-corrected chi connectivity index (χ2v) is 10.7. The van der Waals surface area contributed by atoms with Gasteiger partial charge in [-0.15, -0.1) is 93.4 Å². The third-order valence-corrected chi connectivity index (χ3v) is 7.45. The molecule has 226 valence electrons. The van der Waals surface area contributed by atoms with E-state index >= 15 is 0 Å². The molecule has 0 nitrogen and oxygen atoms in total. The fraction of sp³-hybridized carbons (Fsp3) is 0.179. The zero-order valence-corrected chi connectivity index (χ0v) is 31.8. The van der Waals surface area contributed by atoms with Crippen molar-refractivity contribution in [2.24, 2.45) is 0 Å². The van der Waals surface area contributed by atoms with Crippen LogP contribution in [0.5, 0.6) is 0 Å². The van der Waals surface area contributed by atoms with Crippen LogP contribution in [0.2, 0.25) is 0 Å². The van der Waals surface area contributed by atoms with Gasteiger partial charge in [-0.25, -0.2) is 0 Å². The van der Waals surface area contributed by atoms with Crippen LogP contribution in [0, 0.1) is 42.5 Å². The first-order valence-electron chi connectivity index (χ1n) is 13.6. The minimum atomic E-state index is 0. The Labute approximate surface area is 290 Å². The summed E-state index contributed by atoms with van der Waals surface area (Å²) in [5.41, 5.74) is 12.1. The Balaban J connectivity index is 0.000000714. The summed E-state index contributed by atoms with van der Waals surface area (Å²) in [7, 11) is 0. The molecule has 0 amide bonds. The molecule has 6 aromatic carbocycles. The molecule has 6 rings (SSSR count). The second-order valence-electron chi connectivity index (χ2n) is 10.7. The van der Waals surface area contributed by atoms with Crippen LogP contribution in [0.3, 0.4) is 0 Å². The van der Waals surface area contributed by atoms with Crippen LogP contribution in [0.25, 0.3) is 43.8 Å². The number of hydrogen-bond acceptors (Lipinski definition) is 0. The van der Waals surface area contributed by atoms with Gasteiger partial charge in [-0.3, -0.25) is 0 Å². The molecule has 4 heteroatoms. The van der Waals surface area contributed by atoms with Gasteiger partial charge in [-0.1, -0.05) is 105 Å². The van der Waals surface area contributed by atoms with Crippen molar-refractivity contribution < 1.29 is 23.3 Å². The van der Waals surface area contributed by atoms with Crippen LogP contribution >= 0.6 is 24.8 Å². The topological polar surface area (TPSA) is 0 Å². The van der Waals surface area contributed by atoms with Gasteiger partial charge in [0.1, 0.15) is 0 Å². The first-order valence-corrected chi connectivity index (χ1v) is 17.7. The fourth-order valence-corrected chi connectivity index (χ4v) is 5.40. The zero-order chi connectivity index (χ0) is 28.1. The molecule has 0 heterocycles. The second kappa shape index (κ2) is 18.6. The van der Waals surface area contributed by atoms with Gasteiger partial charge in [0.25, 0.3) is 0 Å². The summed E-state index contributed by atoms with van der Waals surface area (Å²) in [6.45, 7) is 16.3. The molecule has 0 aliphatic carbocycles. The Morgan fingerprint density at radius 2 is 1.26 bits per heavy atom. The van der Waals surface area contributed by atoms with Crippen molar-refractivity contribution in [2.45, 2.75) is 47.5 Å². The number of benzene rings is 4. The van der Waals surface area contributed by atoms with Gasteiger partial charge in [0.15, 0.2) is 0 Å². The van der Waals surface area contributed by atoms with E-state index in [4.69, 9.17) is 0 Å². The molecule has 0 aliphatic rings. The predicted octanol–water partition coefficient (Wildman–Crippen LogP) is 12.2. The predicted molar refractivity (Wildman–Crippen MR) is 196 cm³/mol. The van der Waals surface area contributed by atoms with E-state index in [9.17, 15) is 0 Å². The molecule has 0 aliphatic heterocycles. The molecule has 2 radical (unpaired) electrons. The van der Waals surface area contributed by atoms with E-state index in [0.29, 0.717) is 5.92 Å². The van der Waals surface area contributed by atoms with Crippen molar-refractivity contribution >= 4 is 53.2 Å². The summed E-state index contributed by atoms with van der Waals surface area (Å²) in [5.74, 6) is 0.584. The Morgan fingerprint density at radius 3 is 1.88 bits per heavy atom. The zero-order valence-electron chi connectivity index (χ0n) is 26.7. The SMILES string of the molecule is CC(C)c1cc2c(-c3ccccc3)cccc2[cH-]1.Cc1ccc(-c2ccc(C)c3[cH-]c(C)cc23)c(C)c1.Cl.Cl.[CH3-].[CH3-].[Si]=[Zr]. The average molecular weight is 703 g/mol. The average Bonchev–Trinajstić information content (AvgIpc) is 3.56. The van der Waals surface area contributed by atoms with Crippen LogP contribution in [-0.4, -0.2) is 6.88 Å². The third-order valence-electron chi connectivity index (χ3n) is 7.45. The summed E-state index contributed by atoms with van der Waals surface area (Å²) in [4.78, 5) is 0. The van der Waals surface area contributed by atoms with Crippen LogP contribution < -0.4 is 0 Å². The van der Waals surface area contributed by atoms with E-state index in [-0.39, 0.29) is 39.7 Å². The van der Waals surface area contributed by atoms with Gasteiger partial charge in [0, 0.05) is 0 Å². The first kappa shape index (κ1) is 40.8. The van der Waals surface area contributed by atoms with Crippen molar-refractivity contribution in [3.8, 4) is 22.3 Å². The fourth-order valence-electron chi connectivity index (χ4n) is 5.40. The van der Waals surface area contributed by atoms with E-state index in [1.807, 2.05) is 0 Å². The third kappa shape index (κ3) is 9.39. The number of rotatable bonds is 3. The molecule has 0 aromatic heterocycles. The summed E-state index contributed by atoms with van der Waals surface area (Å²) in [5, 5.41) is 5.48. The van der Waals surface area contributed by atoms with Crippen LogP contribution in [0.4, 0.5) is 0 Å². The normalized spacial score (nSPS) is 9.72. The van der Waals surface area contributed by atoms with Gasteiger partial charge < -0.3 is 14.9 Å². The molecule has 0 fully saturated rings. The number of aryl methyl sites for hydroxylation is 4. The molecular weight excluding hydrogens is 659 g/mol. The van der Waals surface area contributed by atoms with Crippen LogP contribution in [0.1, 0.15) is 47.6 Å². The molecule has 6 aromatic rings. The molecule has 0 unspecified atom stereocenters. The van der Waals surface area contributed by atoms with Crippen molar-refractivity contribution in [1.29, 1.82) is 0 Å². The summed E-state index contributed by atoms with van der Waals surface area (Å²) >= 11 is 1.36. The van der Waals surface area contributed by atoms with E-state index in [1.165, 1.54) is 95.0 Å². The summed E-state index contributed by atoms with van der Waals surface area (Å²) in [6.07, 6.45) is 0. The van der Waals surface area contributed by atoms with Gasteiger partial charge in [-0.2, -0.15) is 12.1 Å². The summed E-state index contributed by atoms with van der Waals surface area (Å²) < 4.78 is 0. The Hall–Kier alpha value is -2.22. The molecule has 0 saturated heterocycles. The maximum absolute atomic E-state index is 3.06. The minimum absolute atomic E-state index is 0. The molecular formula is C39H44Cl2SiZr-4. The number of halogens is 2. The van der Waals surface area contributed by atoms with Crippen LogP contribution in [-0.2, 0) is 23.3 Å². The molecule has 0 bridgehead atoms. The van der Waals surface area contributed by atoms with Gasteiger partial charge in [-0.05, 0) is 36.5 Å². The van der Waals surface area contributed by atoms with Gasteiger partial charge in [0.05, 0.1) is 0 Å². The Bertz CT molecular complexity index is 1710. The maximum atomic E-state index is 3.06. The van der Waals surface area contributed by atoms with Gasteiger partial charge in [0.2, 0.25) is 0 Å². The molecule has 0 saturated carbocycles. The van der Waals surface area contributed by atoms with E-state index < -0.39 is 0 Å². The van der Waals surface area contributed by atoms with Crippen LogP contribution in [0.15, 0.2) is 103 Å².